The van der Waals surface area contributed by atoms with Gasteiger partial charge in [0.1, 0.15) is 12.4 Å². The standard InChI is InChI=1S/C36H28BrFN2O5S/c1-3-44-35(42)31-32(24-7-5-4-6-8-24)39-36-40(33(31)25-12-16-27(38)17-13-25)34(41)30(46-36)20-23-11-18-28(29(19-23)43-2)45-21-22-9-14-26(37)15-10-22/h4-20,33H,3,21H2,1-2H3/b30-20-/t33-/m1/s1. The molecule has 0 bridgehead atoms. The number of carbonyl (C=O) groups excluding carboxylic acids is 1. The van der Waals surface area contributed by atoms with Crippen LogP contribution in [0.2, 0.25) is 0 Å². The molecule has 0 amide bonds. The first-order chi connectivity index (χ1) is 22.4. The van der Waals surface area contributed by atoms with Gasteiger partial charge in [0, 0.05) is 10.0 Å². The molecule has 4 aromatic carbocycles. The van der Waals surface area contributed by atoms with Gasteiger partial charge in [-0.05, 0) is 66.1 Å². The average molecular weight is 700 g/mol. The Balaban J connectivity index is 1.46. The van der Waals surface area contributed by atoms with E-state index in [9.17, 15) is 14.0 Å². The predicted octanol–water partition coefficient (Wildman–Crippen LogP) is 6.42. The fourth-order valence-electron chi connectivity index (χ4n) is 5.19. The summed E-state index contributed by atoms with van der Waals surface area (Å²) in [6, 6.07) is 27.4. The molecule has 0 saturated heterocycles. The summed E-state index contributed by atoms with van der Waals surface area (Å²) in [5.41, 5.74) is 3.21. The van der Waals surface area contributed by atoms with Gasteiger partial charge >= 0.3 is 5.97 Å². The number of nitrogens with zero attached hydrogens (tertiary/aromatic N) is 2. The Morgan fingerprint density at radius 1 is 1.00 bits per heavy atom. The van der Waals surface area contributed by atoms with Crippen LogP contribution in [0, 0.1) is 5.82 Å². The van der Waals surface area contributed by atoms with Gasteiger partial charge < -0.3 is 14.2 Å². The lowest BCUT2D eigenvalue weighted by molar-refractivity contribution is -0.138. The number of halogens is 2. The summed E-state index contributed by atoms with van der Waals surface area (Å²) in [7, 11) is 1.56. The molecule has 7 nitrogen and oxygen atoms in total. The maximum atomic E-state index is 14.1. The van der Waals surface area contributed by atoms with E-state index in [1.54, 1.807) is 44.4 Å². The van der Waals surface area contributed by atoms with Gasteiger partial charge in [0.15, 0.2) is 16.3 Å². The normalized spacial score (nSPS) is 14.4. The van der Waals surface area contributed by atoms with Crippen molar-refractivity contribution < 1.29 is 23.4 Å². The number of aromatic nitrogens is 1. The summed E-state index contributed by atoms with van der Waals surface area (Å²) in [5.74, 6) is 0.0437. The van der Waals surface area contributed by atoms with Crippen LogP contribution in [-0.4, -0.2) is 24.3 Å². The van der Waals surface area contributed by atoms with Crippen LogP contribution in [0.4, 0.5) is 4.39 Å². The van der Waals surface area contributed by atoms with Crippen LogP contribution in [0.5, 0.6) is 11.5 Å². The zero-order valence-electron chi connectivity index (χ0n) is 24.9. The molecule has 0 radical (unpaired) electrons. The molecule has 0 saturated carbocycles. The lowest BCUT2D eigenvalue weighted by Crippen LogP contribution is -2.40. The minimum absolute atomic E-state index is 0.135. The van der Waals surface area contributed by atoms with E-state index in [-0.39, 0.29) is 17.7 Å². The summed E-state index contributed by atoms with van der Waals surface area (Å²) in [6.07, 6.45) is 1.75. The Bertz CT molecular complexity index is 2110. The zero-order chi connectivity index (χ0) is 32.2. The summed E-state index contributed by atoms with van der Waals surface area (Å²) < 4.78 is 34.0. The zero-order valence-corrected chi connectivity index (χ0v) is 27.3. The highest BCUT2D eigenvalue weighted by molar-refractivity contribution is 9.10. The molecule has 5 aromatic rings. The molecule has 232 valence electrons. The van der Waals surface area contributed by atoms with Crippen LogP contribution >= 0.6 is 27.3 Å². The second-order valence-corrected chi connectivity index (χ2v) is 12.2. The van der Waals surface area contributed by atoms with Gasteiger partial charge in [-0.2, -0.15) is 0 Å². The number of rotatable bonds is 9. The molecule has 1 aromatic heterocycles. The van der Waals surface area contributed by atoms with Gasteiger partial charge in [0.2, 0.25) is 0 Å². The maximum absolute atomic E-state index is 14.1. The number of benzene rings is 4. The molecular weight excluding hydrogens is 671 g/mol. The Kier molecular flexibility index (Phi) is 9.28. The van der Waals surface area contributed by atoms with Crippen molar-refractivity contribution in [3.8, 4) is 11.5 Å². The van der Waals surface area contributed by atoms with Gasteiger partial charge in [0.05, 0.1) is 35.6 Å². The third-order valence-corrected chi connectivity index (χ3v) is 8.86. The van der Waals surface area contributed by atoms with Crippen LogP contribution in [0.25, 0.3) is 11.8 Å². The van der Waals surface area contributed by atoms with E-state index in [2.05, 4.69) is 15.9 Å². The number of methoxy groups -OCH3 is 1. The number of esters is 1. The molecule has 10 heteroatoms. The summed E-state index contributed by atoms with van der Waals surface area (Å²) in [4.78, 5) is 32.9. The first kappa shape index (κ1) is 31.2. The van der Waals surface area contributed by atoms with Gasteiger partial charge in [-0.1, -0.05) is 87.9 Å². The van der Waals surface area contributed by atoms with Crippen molar-refractivity contribution in [2.45, 2.75) is 19.6 Å². The van der Waals surface area contributed by atoms with Crippen molar-refractivity contribution in [3.05, 3.63) is 155 Å². The summed E-state index contributed by atoms with van der Waals surface area (Å²) in [6.45, 7) is 2.21. The van der Waals surface area contributed by atoms with Crippen LogP contribution < -0.4 is 24.4 Å². The van der Waals surface area contributed by atoms with Crippen molar-refractivity contribution in [2.75, 3.05) is 13.7 Å². The molecule has 1 aliphatic heterocycles. The Morgan fingerprint density at radius 3 is 2.43 bits per heavy atom. The van der Waals surface area contributed by atoms with Crippen LogP contribution in [-0.2, 0) is 16.1 Å². The minimum atomic E-state index is -0.892. The van der Waals surface area contributed by atoms with Crippen molar-refractivity contribution in [3.63, 3.8) is 0 Å². The highest BCUT2D eigenvalue weighted by atomic mass is 79.9. The van der Waals surface area contributed by atoms with E-state index >= 15 is 0 Å². The molecule has 6 rings (SSSR count). The van der Waals surface area contributed by atoms with Gasteiger partial charge in [-0.15, -0.1) is 0 Å². The number of fused-ring (bicyclic) bond motifs is 1. The molecule has 1 aliphatic rings. The molecule has 0 unspecified atom stereocenters. The predicted molar refractivity (Wildman–Crippen MR) is 179 cm³/mol. The molecule has 46 heavy (non-hydrogen) atoms. The molecule has 0 spiro atoms. The van der Waals surface area contributed by atoms with Crippen molar-refractivity contribution in [1.29, 1.82) is 0 Å². The van der Waals surface area contributed by atoms with Gasteiger partial charge in [-0.3, -0.25) is 9.36 Å². The van der Waals surface area contributed by atoms with Crippen LogP contribution in [0.15, 0.2) is 117 Å². The maximum Gasteiger partial charge on any atom is 0.338 e. The van der Waals surface area contributed by atoms with Crippen LogP contribution in [0.1, 0.15) is 35.2 Å². The van der Waals surface area contributed by atoms with Crippen molar-refractivity contribution >= 4 is 45.0 Å². The highest BCUT2D eigenvalue weighted by Crippen LogP contribution is 2.35. The smallest absolute Gasteiger partial charge is 0.338 e. The Labute approximate surface area is 276 Å². The number of carbonyl (C=O) groups is 1. The number of hydrogen-bond donors (Lipinski definition) is 0. The van der Waals surface area contributed by atoms with Crippen molar-refractivity contribution in [2.24, 2.45) is 4.99 Å². The van der Waals surface area contributed by atoms with E-state index in [0.717, 1.165) is 10.0 Å². The SMILES string of the molecule is CCOC(=O)C1=C(c2ccccc2)N=c2s/c(=C\c3ccc(OCc4ccc(Br)cc4)c(OC)c3)c(=O)n2[C@@H]1c1ccc(F)cc1. The van der Waals surface area contributed by atoms with Crippen LogP contribution in [0.3, 0.4) is 0 Å². The lowest BCUT2D eigenvalue weighted by atomic mass is 9.93. The fourth-order valence-corrected chi connectivity index (χ4v) is 6.45. The third kappa shape index (κ3) is 6.45. The molecule has 0 aliphatic carbocycles. The Hall–Kier alpha value is -4.80. The minimum Gasteiger partial charge on any atom is -0.493 e. The van der Waals surface area contributed by atoms with E-state index in [1.807, 2.05) is 60.7 Å². The fraction of sp³-hybridized carbons (Fsp3) is 0.139. The quantitative estimate of drug-likeness (QED) is 0.166. The highest BCUT2D eigenvalue weighted by Gasteiger charge is 2.35. The first-order valence-electron chi connectivity index (χ1n) is 14.5. The van der Waals surface area contributed by atoms with Gasteiger partial charge in [0.25, 0.3) is 5.56 Å². The average Bonchev–Trinajstić information content (AvgIpc) is 3.38. The monoisotopic (exact) mass is 698 g/mol. The second-order valence-electron chi connectivity index (χ2n) is 10.3. The summed E-state index contributed by atoms with van der Waals surface area (Å²) in [5, 5.41) is 0. The third-order valence-electron chi connectivity index (χ3n) is 7.35. The number of ether oxygens (including phenoxy) is 3. The number of hydrogen-bond acceptors (Lipinski definition) is 7. The second kappa shape index (κ2) is 13.7. The molecule has 2 heterocycles. The van der Waals surface area contributed by atoms with E-state index in [1.165, 1.54) is 28.0 Å². The van der Waals surface area contributed by atoms with Crippen molar-refractivity contribution in [1.82, 2.24) is 4.57 Å². The lowest BCUT2D eigenvalue weighted by Gasteiger charge is -2.25. The van der Waals surface area contributed by atoms with E-state index < -0.39 is 17.8 Å². The van der Waals surface area contributed by atoms with Gasteiger partial charge in [-0.25, -0.2) is 14.2 Å². The first-order valence-corrected chi connectivity index (χ1v) is 16.1. The van der Waals surface area contributed by atoms with E-state index in [4.69, 9.17) is 19.2 Å². The topological polar surface area (TPSA) is 79.1 Å². The number of thiazole rings is 1. The Morgan fingerprint density at radius 2 is 1.74 bits per heavy atom. The van der Waals surface area contributed by atoms with E-state index in [0.29, 0.717) is 49.8 Å². The molecule has 0 fully saturated rings. The molecule has 0 N–H and O–H groups in total. The largest absolute Gasteiger partial charge is 0.493 e. The molecule has 1 atom stereocenters. The molecular formula is C36H28BrFN2O5S. The summed E-state index contributed by atoms with van der Waals surface area (Å²) >= 11 is 4.64.